The molecule has 1 aliphatic rings. The van der Waals surface area contributed by atoms with Gasteiger partial charge in [-0.2, -0.15) is 5.10 Å². The van der Waals surface area contributed by atoms with Crippen LogP contribution in [0.1, 0.15) is 36.9 Å². The van der Waals surface area contributed by atoms with Crippen LogP contribution in [0.4, 0.5) is 25.1 Å². The van der Waals surface area contributed by atoms with E-state index in [4.69, 9.17) is 4.74 Å². The number of nitrogens with zero attached hydrogens (tertiary/aromatic N) is 4. The lowest BCUT2D eigenvalue weighted by atomic mass is 10.0. The molecule has 1 saturated heterocycles. The Kier molecular flexibility index (Phi) is 7.67. The van der Waals surface area contributed by atoms with Gasteiger partial charge >= 0.3 is 12.0 Å². The molecular formula is C28H28F2N6O3. The molecule has 3 heterocycles. The molecule has 5 rings (SSSR count). The number of halogens is 2. The van der Waals surface area contributed by atoms with Gasteiger partial charge in [0.05, 0.1) is 18.8 Å². The highest BCUT2D eigenvalue weighted by atomic mass is 19.1. The van der Waals surface area contributed by atoms with Crippen LogP contribution >= 0.6 is 0 Å². The summed E-state index contributed by atoms with van der Waals surface area (Å²) in [5, 5.41) is 9.66. The fourth-order valence-electron chi connectivity index (χ4n) is 4.84. The highest BCUT2D eigenvalue weighted by Gasteiger charge is 2.30. The topological polar surface area (TPSA) is 101 Å². The number of carbonyl (C=O) groups excluding carboxylic acids is 2. The average molecular weight is 535 g/mol. The van der Waals surface area contributed by atoms with E-state index in [1.807, 2.05) is 35.2 Å². The summed E-state index contributed by atoms with van der Waals surface area (Å²) in [6.45, 7) is 2.50. The van der Waals surface area contributed by atoms with Gasteiger partial charge in [-0.05, 0) is 49.6 Å². The maximum absolute atomic E-state index is 14.6. The molecule has 1 aliphatic heterocycles. The Balaban J connectivity index is 1.35. The first kappa shape index (κ1) is 26.1. The number of carbonyl (C=O) groups is 2. The van der Waals surface area contributed by atoms with Crippen LogP contribution in [0.5, 0.6) is 0 Å². The number of anilines is 2. The summed E-state index contributed by atoms with van der Waals surface area (Å²) < 4.78 is 35.1. The van der Waals surface area contributed by atoms with Crippen molar-refractivity contribution < 1.29 is 23.1 Å². The molecule has 202 valence electrons. The van der Waals surface area contributed by atoms with Gasteiger partial charge in [-0.3, -0.25) is 0 Å². The number of hydrogen-bond donors (Lipinski definition) is 2. The molecule has 0 aliphatic carbocycles. The van der Waals surface area contributed by atoms with E-state index in [1.54, 1.807) is 19.2 Å². The van der Waals surface area contributed by atoms with Gasteiger partial charge in [0.25, 0.3) is 0 Å². The van der Waals surface area contributed by atoms with Gasteiger partial charge in [0.2, 0.25) is 0 Å². The molecule has 11 heteroatoms. The Hall–Kier alpha value is -4.54. The quantitative estimate of drug-likeness (QED) is 0.320. The van der Waals surface area contributed by atoms with Crippen molar-refractivity contribution in [2.75, 3.05) is 23.4 Å². The van der Waals surface area contributed by atoms with Gasteiger partial charge in [-0.15, -0.1) is 0 Å². The smallest absolute Gasteiger partial charge is 0.329 e. The lowest BCUT2D eigenvalue weighted by Gasteiger charge is -2.26. The van der Waals surface area contributed by atoms with Crippen molar-refractivity contribution in [2.45, 2.75) is 38.3 Å². The molecule has 0 spiro atoms. The Bertz CT molecular complexity index is 1480. The number of rotatable bonds is 8. The summed E-state index contributed by atoms with van der Waals surface area (Å²) >= 11 is 0. The number of ether oxygens (including phenoxy) is 1. The van der Waals surface area contributed by atoms with E-state index >= 15 is 0 Å². The molecule has 0 radical (unpaired) electrons. The van der Waals surface area contributed by atoms with Crippen LogP contribution in [0.2, 0.25) is 0 Å². The molecule has 0 unspecified atom stereocenters. The minimum atomic E-state index is -0.899. The summed E-state index contributed by atoms with van der Waals surface area (Å²) in [5.41, 5.74) is 1.84. The van der Waals surface area contributed by atoms with E-state index in [-0.39, 0.29) is 24.6 Å². The normalized spacial score (nSPS) is 15.8. The number of amides is 2. The zero-order valence-corrected chi connectivity index (χ0v) is 21.3. The summed E-state index contributed by atoms with van der Waals surface area (Å²) in [5.74, 6) is -0.958. The van der Waals surface area contributed by atoms with E-state index in [0.29, 0.717) is 30.1 Å². The van der Waals surface area contributed by atoms with Crippen molar-refractivity contribution in [3.63, 3.8) is 0 Å². The van der Waals surface area contributed by atoms with Crippen molar-refractivity contribution in [2.24, 2.45) is 0 Å². The van der Waals surface area contributed by atoms with Gasteiger partial charge in [-0.25, -0.2) is 27.9 Å². The standard InChI is InChI=1S/C28H28F2N6O3/c1-2-39-27(37)22(15-18-7-4-3-5-8-18)32-28(38)33-23-17-31-36-14-12-25(34-26(23)36)35-13-6-9-24(35)20-16-19(29)10-11-21(20)30/h3-5,7-8,10-12,14,16-17,22,24H,2,6,9,13,15H2,1H3,(H2,32,33,38)/t22-,24+/m0/s1. The third-order valence-corrected chi connectivity index (χ3v) is 6.63. The SMILES string of the molecule is CCOC(=O)[C@H](Cc1ccccc1)NC(=O)Nc1cnn2ccc(N3CCC[C@@H]3c3cc(F)ccc3F)nc12. The largest absolute Gasteiger partial charge is 0.464 e. The molecule has 0 bridgehead atoms. The third-order valence-electron chi connectivity index (χ3n) is 6.63. The molecule has 9 nitrogen and oxygen atoms in total. The molecule has 2 N–H and O–H groups in total. The van der Waals surface area contributed by atoms with Crippen molar-refractivity contribution >= 4 is 29.2 Å². The number of fused-ring (bicyclic) bond motifs is 1. The number of urea groups is 1. The molecule has 0 saturated carbocycles. The molecule has 2 aromatic heterocycles. The molecule has 1 fully saturated rings. The van der Waals surface area contributed by atoms with Crippen molar-refractivity contribution in [1.82, 2.24) is 19.9 Å². The van der Waals surface area contributed by atoms with Gasteiger partial charge < -0.3 is 20.3 Å². The fraction of sp³-hybridized carbons (Fsp3) is 0.286. The first-order chi connectivity index (χ1) is 18.9. The Morgan fingerprint density at radius 2 is 1.97 bits per heavy atom. The second-order valence-corrected chi connectivity index (χ2v) is 9.22. The Morgan fingerprint density at radius 3 is 2.77 bits per heavy atom. The van der Waals surface area contributed by atoms with Crippen LogP contribution < -0.4 is 15.5 Å². The van der Waals surface area contributed by atoms with Crippen LogP contribution in [0, 0.1) is 11.6 Å². The second kappa shape index (κ2) is 11.5. The first-order valence-corrected chi connectivity index (χ1v) is 12.8. The zero-order valence-electron chi connectivity index (χ0n) is 21.3. The number of hydrogen-bond acceptors (Lipinski definition) is 6. The van der Waals surface area contributed by atoms with E-state index in [0.717, 1.165) is 24.1 Å². The van der Waals surface area contributed by atoms with Gasteiger partial charge in [0.15, 0.2) is 5.65 Å². The first-order valence-electron chi connectivity index (χ1n) is 12.8. The predicted octanol–water partition coefficient (Wildman–Crippen LogP) is 4.64. The van der Waals surface area contributed by atoms with Gasteiger partial charge in [0, 0.05) is 24.7 Å². The maximum Gasteiger partial charge on any atom is 0.329 e. The molecule has 2 amide bonds. The lowest BCUT2D eigenvalue weighted by molar-refractivity contribution is -0.145. The molecule has 2 aromatic carbocycles. The van der Waals surface area contributed by atoms with Crippen LogP contribution in [0.25, 0.3) is 5.65 Å². The van der Waals surface area contributed by atoms with Crippen LogP contribution in [0.15, 0.2) is 67.0 Å². The summed E-state index contributed by atoms with van der Waals surface area (Å²) in [4.78, 5) is 32.1. The number of aromatic nitrogens is 3. The van der Waals surface area contributed by atoms with Crippen LogP contribution in [-0.4, -0.2) is 45.8 Å². The highest BCUT2D eigenvalue weighted by Crippen LogP contribution is 2.37. The summed E-state index contributed by atoms with van der Waals surface area (Å²) in [7, 11) is 0. The van der Waals surface area contributed by atoms with E-state index in [1.165, 1.54) is 16.8 Å². The Morgan fingerprint density at radius 1 is 1.15 bits per heavy atom. The minimum Gasteiger partial charge on any atom is -0.464 e. The second-order valence-electron chi connectivity index (χ2n) is 9.22. The monoisotopic (exact) mass is 534 g/mol. The third kappa shape index (κ3) is 5.82. The van der Waals surface area contributed by atoms with E-state index < -0.39 is 29.7 Å². The number of esters is 1. The van der Waals surface area contributed by atoms with Gasteiger partial charge in [0.1, 0.15) is 29.2 Å². The van der Waals surface area contributed by atoms with Crippen molar-refractivity contribution in [3.05, 3.63) is 89.8 Å². The molecular weight excluding hydrogens is 506 g/mol. The average Bonchev–Trinajstić information content (AvgIpc) is 3.57. The summed E-state index contributed by atoms with van der Waals surface area (Å²) in [6.07, 6.45) is 4.84. The van der Waals surface area contributed by atoms with E-state index in [9.17, 15) is 18.4 Å². The van der Waals surface area contributed by atoms with Crippen molar-refractivity contribution in [1.29, 1.82) is 0 Å². The predicted molar refractivity (Wildman–Crippen MR) is 141 cm³/mol. The highest BCUT2D eigenvalue weighted by molar-refractivity contribution is 5.95. The lowest BCUT2D eigenvalue weighted by Crippen LogP contribution is -2.45. The maximum atomic E-state index is 14.6. The fourth-order valence-corrected chi connectivity index (χ4v) is 4.84. The molecule has 4 aromatic rings. The Labute approximate surface area is 223 Å². The molecule has 39 heavy (non-hydrogen) atoms. The summed E-state index contributed by atoms with van der Waals surface area (Å²) in [6, 6.07) is 12.6. The zero-order chi connectivity index (χ0) is 27.4. The minimum absolute atomic E-state index is 0.186. The van der Waals surface area contributed by atoms with E-state index in [2.05, 4.69) is 20.7 Å². The number of nitrogens with one attached hydrogen (secondary N) is 2. The van der Waals surface area contributed by atoms with Crippen molar-refractivity contribution in [3.8, 4) is 0 Å². The van der Waals surface area contributed by atoms with Gasteiger partial charge in [-0.1, -0.05) is 30.3 Å². The molecule has 2 atom stereocenters. The number of benzene rings is 2. The van der Waals surface area contributed by atoms with Crippen LogP contribution in [0.3, 0.4) is 0 Å². The van der Waals surface area contributed by atoms with Crippen LogP contribution in [-0.2, 0) is 16.0 Å².